The highest BCUT2D eigenvalue weighted by atomic mass is 79.9. The van der Waals surface area contributed by atoms with E-state index in [9.17, 15) is 5.11 Å². The summed E-state index contributed by atoms with van der Waals surface area (Å²) in [5.41, 5.74) is 1.02. The molecule has 0 aliphatic carbocycles. The maximum Gasteiger partial charge on any atom is 0.246 e. The SMILES string of the molecule is CC(O)Cc1cc2c(cc1Br)OC(C)(C)O2. The molecule has 1 N–H and O–H groups in total. The normalized spacial score (nSPS) is 18.6. The van der Waals surface area contributed by atoms with E-state index in [0.29, 0.717) is 6.42 Å². The number of halogens is 1. The van der Waals surface area contributed by atoms with Crippen molar-refractivity contribution in [2.75, 3.05) is 0 Å². The van der Waals surface area contributed by atoms with Gasteiger partial charge in [-0.15, -0.1) is 0 Å². The average molecular weight is 287 g/mol. The minimum Gasteiger partial charge on any atom is -0.449 e. The van der Waals surface area contributed by atoms with Crippen LogP contribution in [0.2, 0.25) is 0 Å². The second-order valence-electron chi connectivity index (χ2n) is 4.55. The van der Waals surface area contributed by atoms with Crippen LogP contribution in [0.15, 0.2) is 16.6 Å². The second kappa shape index (κ2) is 3.93. The predicted octanol–water partition coefficient (Wildman–Crippen LogP) is 2.88. The summed E-state index contributed by atoms with van der Waals surface area (Å²) < 4.78 is 12.2. The zero-order chi connectivity index (χ0) is 11.9. The van der Waals surface area contributed by atoms with Gasteiger partial charge in [-0.2, -0.15) is 0 Å². The summed E-state index contributed by atoms with van der Waals surface area (Å²) in [5, 5.41) is 9.39. The van der Waals surface area contributed by atoms with Gasteiger partial charge in [0.15, 0.2) is 11.5 Å². The van der Waals surface area contributed by atoms with Gasteiger partial charge < -0.3 is 14.6 Å². The molecule has 1 unspecified atom stereocenters. The number of aliphatic hydroxyl groups is 1. The molecule has 0 saturated carbocycles. The Hall–Kier alpha value is -0.740. The second-order valence-corrected chi connectivity index (χ2v) is 5.40. The first kappa shape index (κ1) is 11.7. The van der Waals surface area contributed by atoms with E-state index in [2.05, 4.69) is 15.9 Å². The van der Waals surface area contributed by atoms with Gasteiger partial charge in [0.25, 0.3) is 0 Å². The van der Waals surface area contributed by atoms with Crippen molar-refractivity contribution in [2.24, 2.45) is 0 Å². The molecule has 0 saturated heterocycles. The maximum atomic E-state index is 9.39. The van der Waals surface area contributed by atoms with Gasteiger partial charge in [-0.05, 0) is 31.0 Å². The molecule has 4 heteroatoms. The van der Waals surface area contributed by atoms with Crippen LogP contribution >= 0.6 is 15.9 Å². The number of aliphatic hydroxyl groups excluding tert-OH is 1. The van der Waals surface area contributed by atoms with Crippen LogP contribution in [0.1, 0.15) is 26.3 Å². The highest BCUT2D eigenvalue weighted by Crippen LogP contribution is 2.42. The van der Waals surface area contributed by atoms with E-state index >= 15 is 0 Å². The van der Waals surface area contributed by atoms with Gasteiger partial charge >= 0.3 is 0 Å². The fourth-order valence-electron chi connectivity index (χ4n) is 1.76. The molecule has 1 aliphatic rings. The van der Waals surface area contributed by atoms with E-state index in [1.807, 2.05) is 26.0 Å². The zero-order valence-corrected chi connectivity index (χ0v) is 11.2. The molecule has 0 aromatic heterocycles. The van der Waals surface area contributed by atoms with Gasteiger partial charge in [0.05, 0.1) is 6.10 Å². The van der Waals surface area contributed by atoms with Crippen molar-refractivity contribution < 1.29 is 14.6 Å². The lowest BCUT2D eigenvalue weighted by Crippen LogP contribution is -2.29. The van der Waals surface area contributed by atoms with Crippen molar-refractivity contribution in [3.63, 3.8) is 0 Å². The van der Waals surface area contributed by atoms with E-state index in [1.54, 1.807) is 6.92 Å². The molecule has 0 bridgehead atoms. The molecule has 1 aromatic rings. The summed E-state index contributed by atoms with van der Waals surface area (Å²) in [6.45, 7) is 5.51. The molecule has 88 valence electrons. The summed E-state index contributed by atoms with van der Waals surface area (Å²) in [6.07, 6.45) is 0.224. The standard InChI is InChI=1S/C12H15BrO3/c1-7(14)4-8-5-10-11(6-9(8)13)16-12(2,3)15-10/h5-7,14H,4H2,1-3H3. The van der Waals surface area contributed by atoms with Crippen LogP contribution in [0.4, 0.5) is 0 Å². The summed E-state index contributed by atoms with van der Waals surface area (Å²) in [7, 11) is 0. The molecule has 3 nitrogen and oxygen atoms in total. The summed E-state index contributed by atoms with van der Waals surface area (Å²) in [5.74, 6) is 0.876. The Kier molecular flexibility index (Phi) is 2.88. The Labute approximate surface area is 104 Å². The van der Waals surface area contributed by atoms with Crippen LogP contribution < -0.4 is 9.47 Å². The van der Waals surface area contributed by atoms with Crippen molar-refractivity contribution in [3.05, 3.63) is 22.2 Å². The largest absolute Gasteiger partial charge is 0.449 e. The lowest BCUT2D eigenvalue weighted by atomic mass is 10.1. The molecule has 2 rings (SSSR count). The van der Waals surface area contributed by atoms with Gasteiger partial charge in [0.2, 0.25) is 5.79 Å². The topological polar surface area (TPSA) is 38.7 Å². The van der Waals surface area contributed by atoms with Crippen molar-refractivity contribution in [3.8, 4) is 11.5 Å². The van der Waals surface area contributed by atoms with Crippen LogP contribution in [0, 0.1) is 0 Å². The van der Waals surface area contributed by atoms with E-state index < -0.39 is 5.79 Å². The Morgan fingerprint density at radius 1 is 1.31 bits per heavy atom. The number of hydrogen-bond acceptors (Lipinski definition) is 3. The first-order chi connectivity index (χ1) is 7.37. The van der Waals surface area contributed by atoms with Crippen LogP contribution in [-0.2, 0) is 6.42 Å². The van der Waals surface area contributed by atoms with Crippen LogP contribution in [0.5, 0.6) is 11.5 Å². The van der Waals surface area contributed by atoms with Gasteiger partial charge in [-0.3, -0.25) is 0 Å². The summed E-state index contributed by atoms with van der Waals surface area (Å²) >= 11 is 3.47. The lowest BCUT2D eigenvalue weighted by molar-refractivity contribution is -0.0431. The van der Waals surface area contributed by atoms with Crippen LogP contribution in [0.25, 0.3) is 0 Å². The Bertz CT molecular complexity index is 412. The molecule has 0 amide bonds. The number of benzene rings is 1. The van der Waals surface area contributed by atoms with Crippen molar-refractivity contribution in [1.29, 1.82) is 0 Å². The van der Waals surface area contributed by atoms with E-state index in [1.165, 1.54) is 0 Å². The number of hydrogen-bond donors (Lipinski definition) is 1. The van der Waals surface area contributed by atoms with Crippen molar-refractivity contribution >= 4 is 15.9 Å². The van der Waals surface area contributed by atoms with E-state index in [4.69, 9.17) is 9.47 Å². The monoisotopic (exact) mass is 286 g/mol. The predicted molar refractivity (Wildman–Crippen MR) is 64.9 cm³/mol. The van der Waals surface area contributed by atoms with E-state index in [-0.39, 0.29) is 6.10 Å². The smallest absolute Gasteiger partial charge is 0.246 e. The Morgan fingerprint density at radius 2 is 1.88 bits per heavy atom. The van der Waals surface area contributed by atoms with Gasteiger partial charge in [-0.1, -0.05) is 15.9 Å². The fraction of sp³-hybridized carbons (Fsp3) is 0.500. The molecule has 0 spiro atoms. The number of ether oxygens (including phenoxy) is 2. The van der Waals surface area contributed by atoms with Gasteiger partial charge in [0.1, 0.15) is 0 Å². The van der Waals surface area contributed by atoms with Crippen molar-refractivity contribution in [2.45, 2.75) is 39.1 Å². The molecule has 0 fully saturated rings. The third kappa shape index (κ3) is 2.33. The van der Waals surface area contributed by atoms with Crippen LogP contribution in [-0.4, -0.2) is 17.0 Å². The fourth-order valence-corrected chi connectivity index (χ4v) is 2.25. The molecule has 1 aliphatic heterocycles. The minimum atomic E-state index is -0.606. The third-order valence-corrected chi connectivity index (χ3v) is 3.08. The Balaban J connectivity index is 2.33. The zero-order valence-electron chi connectivity index (χ0n) is 9.58. The molecule has 0 radical (unpaired) electrons. The van der Waals surface area contributed by atoms with Gasteiger partial charge in [-0.25, -0.2) is 0 Å². The Morgan fingerprint density at radius 3 is 2.44 bits per heavy atom. The highest BCUT2D eigenvalue weighted by molar-refractivity contribution is 9.10. The quantitative estimate of drug-likeness (QED) is 0.909. The first-order valence-electron chi connectivity index (χ1n) is 5.26. The van der Waals surface area contributed by atoms with Crippen LogP contribution in [0.3, 0.4) is 0 Å². The third-order valence-electron chi connectivity index (χ3n) is 2.34. The van der Waals surface area contributed by atoms with Crippen molar-refractivity contribution in [1.82, 2.24) is 0 Å². The molecular formula is C12H15BrO3. The van der Waals surface area contributed by atoms with Gasteiger partial charge in [0, 0.05) is 18.3 Å². The summed E-state index contributed by atoms with van der Waals surface area (Å²) in [6, 6.07) is 3.81. The molecule has 16 heavy (non-hydrogen) atoms. The molecule has 1 heterocycles. The molecule has 1 atom stereocenters. The molecule has 1 aromatic carbocycles. The summed E-state index contributed by atoms with van der Waals surface area (Å²) in [4.78, 5) is 0. The number of rotatable bonds is 2. The first-order valence-corrected chi connectivity index (χ1v) is 6.05. The highest BCUT2D eigenvalue weighted by Gasteiger charge is 2.32. The lowest BCUT2D eigenvalue weighted by Gasteiger charge is -2.16. The maximum absolute atomic E-state index is 9.39. The average Bonchev–Trinajstić information content (AvgIpc) is 2.38. The minimum absolute atomic E-state index is 0.371. The molecular weight excluding hydrogens is 272 g/mol. The number of fused-ring (bicyclic) bond motifs is 1. The van der Waals surface area contributed by atoms with E-state index in [0.717, 1.165) is 21.5 Å².